The van der Waals surface area contributed by atoms with Crippen molar-refractivity contribution in [1.82, 2.24) is 15.4 Å². The number of nitrogens with zero attached hydrogens (tertiary/aromatic N) is 2. The summed E-state index contributed by atoms with van der Waals surface area (Å²) < 4.78 is 0. The minimum absolute atomic E-state index is 0.0462. The molecule has 144 valence electrons. The van der Waals surface area contributed by atoms with Crippen molar-refractivity contribution in [1.29, 1.82) is 0 Å². The van der Waals surface area contributed by atoms with Gasteiger partial charge in [0.1, 0.15) is 5.01 Å². The lowest BCUT2D eigenvalue weighted by Crippen LogP contribution is -2.45. The number of hydrogen-bond acceptors (Lipinski definition) is 4. The van der Waals surface area contributed by atoms with E-state index < -0.39 is 12.0 Å². The predicted octanol–water partition coefficient (Wildman–Crippen LogP) is 4.87. The summed E-state index contributed by atoms with van der Waals surface area (Å²) in [5.41, 5.74) is 4.40. The number of carbonyl (C=O) groups is 2. The van der Waals surface area contributed by atoms with Crippen LogP contribution in [0.3, 0.4) is 0 Å². The number of hydrazine groups is 1. The minimum atomic E-state index is -1.25. The van der Waals surface area contributed by atoms with Crippen LogP contribution < -0.4 is 5.43 Å². The summed E-state index contributed by atoms with van der Waals surface area (Å²) in [5, 5.41) is 13.6. The fourth-order valence-electron chi connectivity index (χ4n) is 2.45. The normalized spacial score (nSPS) is 10.5. The molecule has 3 aromatic rings. The average molecular weight is 436 g/mol. The van der Waals surface area contributed by atoms with Gasteiger partial charge >= 0.3 is 6.09 Å². The second-order valence-electron chi connectivity index (χ2n) is 5.83. The summed E-state index contributed by atoms with van der Waals surface area (Å²) in [6.07, 6.45) is -1.30. The second kappa shape index (κ2) is 9.05. The standard InChI is InChI=1S/C19H15Cl2N3O3S/c20-13-6-7-15(16(21)8-13)18-22-14(11-28-18)9-17(25)23-24(19(26)27)10-12-4-2-1-3-5-12/h1-8,11H,9-10H2,(H,23,25)(H,26,27). The van der Waals surface area contributed by atoms with Crippen molar-refractivity contribution in [3.8, 4) is 10.6 Å². The van der Waals surface area contributed by atoms with E-state index in [1.165, 1.54) is 11.3 Å². The van der Waals surface area contributed by atoms with Gasteiger partial charge < -0.3 is 5.11 Å². The van der Waals surface area contributed by atoms with Gasteiger partial charge in [-0.25, -0.2) is 14.8 Å². The highest BCUT2D eigenvalue weighted by Gasteiger charge is 2.17. The molecule has 0 aliphatic carbocycles. The molecular formula is C19H15Cl2N3O3S. The molecule has 1 aromatic heterocycles. The molecule has 0 radical (unpaired) electrons. The smallest absolute Gasteiger partial charge is 0.426 e. The van der Waals surface area contributed by atoms with E-state index in [9.17, 15) is 14.7 Å². The van der Waals surface area contributed by atoms with Crippen LogP contribution in [0, 0.1) is 0 Å². The van der Waals surface area contributed by atoms with Crippen molar-refractivity contribution in [3.63, 3.8) is 0 Å². The van der Waals surface area contributed by atoms with Crippen LogP contribution in [-0.4, -0.2) is 27.1 Å². The molecule has 2 N–H and O–H groups in total. The Hall–Kier alpha value is -2.61. The first kappa shape index (κ1) is 20.1. The molecule has 0 aliphatic heterocycles. The molecule has 0 atom stereocenters. The Bertz CT molecular complexity index is 995. The van der Waals surface area contributed by atoms with Gasteiger partial charge in [-0.3, -0.25) is 10.2 Å². The zero-order chi connectivity index (χ0) is 20.1. The monoisotopic (exact) mass is 435 g/mol. The molecule has 6 nitrogen and oxygen atoms in total. The third-order valence-electron chi connectivity index (χ3n) is 3.73. The summed E-state index contributed by atoms with van der Waals surface area (Å²) in [4.78, 5) is 28.1. The Balaban J connectivity index is 1.65. The van der Waals surface area contributed by atoms with Gasteiger partial charge in [-0.2, -0.15) is 0 Å². The Morgan fingerprint density at radius 2 is 1.89 bits per heavy atom. The molecule has 0 saturated heterocycles. The number of benzene rings is 2. The lowest BCUT2D eigenvalue weighted by Gasteiger charge is -2.19. The molecule has 28 heavy (non-hydrogen) atoms. The highest BCUT2D eigenvalue weighted by atomic mass is 35.5. The molecule has 3 rings (SSSR count). The average Bonchev–Trinajstić information content (AvgIpc) is 3.10. The highest BCUT2D eigenvalue weighted by Crippen LogP contribution is 2.32. The summed E-state index contributed by atoms with van der Waals surface area (Å²) in [7, 11) is 0. The van der Waals surface area contributed by atoms with Gasteiger partial charge in [-0.15, -0.1) is 11.3 Å². The van der Waals surface area contributed by atoms with E-state index in [1.54, 1.807) is 47.8 Å². The van der Waals surface area contributed by atoms with Gasteiger partial charge in [0.05, 0.1) is 23.7 Å². The van der Waals surface area contributed by atoms with Crippen LogP contribution in [-0.2, 0) is 17.8 Å². The minimum Gasteiger partial charge on any atom is -0.464 e. The number of hydrogen-bond donors (Lipinski definition) is 2. The van der Waals surface area contributed by atoms with Crippen LogP contribution in [0.25, 0.3) is 10.6 Å². The molecular weight excluding hydrogens is 421 g/mol. The van der Waals surface area contributed by atoms with Crippen LogP contribution in [0.15, 0.2) is 53.9 Å². The quantitative estimate of drug-likeness (QED) is 0.559. The fraction of sp³-hybridized carbons (Fsp3) is 0.105. The fourth-order valence-corrected chi connectivity index (χ4v) is 3.86. The predicted molar refractivity (Wildman–Crippen MR) is 109 cm³/mol. The van der Waals surface area contributed by atoms with Crippen LogP contribution in [0.5, 0.6) is 0 Å². The van der Waals surface area contributed by atoms with E-state index >= 15 is 0 Å². The number of nitrogens with one attached hydrogen (secondary N) is 1. The first-order valence-corrected chi connectivity index (χ1v) is 9.79. The second-order valence-corrected chi connectivity index (χ2v) is 7.54. The third kappa shape index (κ3) is 5.22. The molecule has 2 aromatic carbocycles. The van der Waals surface area contributed by atoms with E-state index in [1.807, 2.05) is 6.07 Å². The number of carbonyl (C=O) groups excluding carboxylic acids is 1. The number of amides is 2. The number of halogens is 2. The molecule has 0 saturated carbocycles. The molecule has 0 aliphatic rings. The van der Waals surface area contributed by atoms with Crippen LogP contribution in [0.2, 0.25) is 10.0 Å². The van der Waals surface area contributed by atoms with Crippen molar-refractivity contribution < 1.29 is 14.7 Å². The van der Waals surface area contributed by atoms with Gasteiger partial charge in [0, 0.05) is 16.0 Å². The van der Waals surface area contributed by atoms with Crippen LogP contribution in [0.4, 0.5) is 4.79 Å². The lowest BCUT2D eigenvalue weighted by molar-refractivity contribution is -0.124. The summed E-state index contributed by atoms with van der Waals surface area (Å²) in [5.74, 6) is -0.475. The zero-order valence-corrected chi connectivity index (χ0v) is 16.8. The maximum Gasteiger partial charge on any atom is 0.426 e. The number of rotatable bonds is 5. The summed E-state index contributed by atoms with van der Waals surface area (Å²) in [6, 6.07) is 14.1. The zero-order valence-electron chi connectivity index (χ0n) is 14.4. The maximum absolute atomic E-state index is 12.3. The van der Waals surface area contributed by atoms with Gasteiger partial charge in [-0.1, -0.05) is 53.5 Å². The van der Waals surface area contributed by atoms with Crippen LogP contribution >= 0.6 is 34.5 Å². The first-order valence-electron chi connectivity index (χ1n) is 8.16. The number of carboxylic acid groups (broad SMARTS) is 1. The molecule has 2 amide bonds. The Morgan fingerprint density at radius 1 is 1.14 bits per heavy atom. The van der Waals surface area contributed by atoms with Gasteiger partial charge in [0.2, 0.25) is 5.91 Å². The van der Waals surface area contributed by atoms with Crippen molar-refractivity contribution >= 4 is 46.5 Å². The van der Waals surface area contributed by atoms with Crippen molar-refractivity contribution in [2.24, 2.45) is 0 Å². The van der Waals surface area contributed by atoms with E-state index in [-0.39, 0.29) is 13.0 Å². The van der Waals surface area contributed by atoms with Crippen molar-refractivity contribution in [2.75, 3.05) is 0 Å². The van der Waals surface area contributed by atoms with Crippen molar-refractivity contribution in [2.45, 2.75) is 13.0 Å². The van der Waals surface area contributed by atoms with Gasteiger partial charge in [0.15, 0.2) is 0 Å². The lowest BCUT2D eigenvalue weighted by atomic mass is 10.2. The number of aromatic nitrogens is 1. The molecule has 0 unspecified atom stereocenters. The van der Waals surface area contributed by atoms with Gasteiger partial charge in [-0.05, 0) is 23.8 Å². The van der Waals surface area contributed by atoms with Crippen LogP contribution in [0.1, 0.15) is 11.3 Å². The highest BCUT2D eigenvalue weighted by molar-refractivity contribution is 7.13. The number of thiazole rings is 1. The maximum atomic E-state index is 12.3. The first-order chi connectivity index (χ1) is 13.4. The van der Waals surface area contributed by atoms with Crippen molar-refractivity contribution in [3.05, 3.63) is 75.2 Å². The molecule has 0 bridgehead atoms. The van der Waals surface area contributed by atoms with E-state index in [0.29, 0.717) is 20.7 Å². The van der Waals surface area contributed by atoms with Gasteiger partial charge in [0.25, 0.3) is 0 Å². The molecule has 9 heteroatoms. The molecule has 1 heterocycles. The summed E-state index contributed by atoms with van der Waals surface area (Å²) >= 11 is 13.4. The SMILES string of the molecule is O=C(Cc1csc(-c2ccc(Cl)cc2Cl)n1)NN(Cc1ccccc1)C(=O)O. The Morgan fingerprint density at radius 3 is 2.57 bits per heavy atom. The third-order valence-corrected chi connectivity index (χ3v) is 5.20. The summed E-state index contributed by atoms with van der Waals surface area (Å²) in [6.45, 7) is 0.0462. The Labute approximate surface area is 175 Å². The van der Waals surface area contributed by atoms with E-state index in [0.717, 1.165) is 16.1 Å². The van der Waals surface area contributed by atoms with E-state index in [2.05, 4.69) is 10.4 Å². The van der Waals surface area contributed by atoms with E-state index in [4.69, 9.17) is 23.2 Å². The molecule has 0 spiro atoms. The largest absolute Gasteiger partial charge is 0.464 e. The Kier molecular flexibility index (Phi) is 6.51. The molecule has 0 fully saturated rings. The topological polar surface area (TPSA) is 82.5 Å².